The fourth-order valence-corrected chi connectivity index (χ4v) is 3.50. The monoisotopic (exact) mass is 357 g/mol. The molecule has 1 fully saturated rings. The first kappa shape index (κ1) is 17.3. The lowest BCUT2D eigenvalue weighted by Crippen LogP contribution is -2.25. The molecule has 0 aliphatic heterocycles. The Morgan fingerprint density at radius 1 is 1.20 bits per heavy atom. The third kappa shape index (κ3) is 4.98. The second kappa shape index (κ2) is 7.16. The zero-order valence-electron chi connectivity index (χ0n) is 13.8. The van der Waals surface area contributed by atoms with Crippen LogP contribution in [0.15, 0.2) is 53.6 Å². The Balaban J connectivity index is 1.62. The Morgan fingerprint density at radius 3 is 2.56 bits per heavy atom. The topological polar surface area (TPSA) is 88.2 Å². The molecule has 0 saturated heterocycles. The van der Waals surface area contributed by atoms with E-state index in [9.17, 15) is 13.2 Å². The van der Waals surface area contributed by atoms with Gasteiger partial charge >= 0.3 is 0 Å². The quantitative estimate of drug-likeness (QED) is 0.778. The number of sulfonamides is 1. The number of aromatic nitrogens is 1. The minimum atomic E-state index is -3.45. The first-order valence-corrected chi connectivity index (χ1v) is 9.45. The third-order valence-corrected chi connectivity index (χ3v) is 5.22. The smallest absolute Gasteiger partial charge is 0.249 e. The van der Waals surface area contributed by atoms with E-state index in [1.54, 1.807) is 30.5 Å². The predicted molar refractivity (Wildman–Crippen MR) is 96.4 cm³/mol. The Hall–Kier alpha value is -2.51. The first-order valence-electron chi connectivity index (χ1n) is 7.96. The molecule has 2 aromatic rings. The highest BCUT2D eigenvalue weighted by Crippen LogP contribution is 2.22. The van der Waals surface area contributed by atoms with Gasteiger partial charge in [-0.15, -0.1) is 0 Å². The van der Waals surface area contributed by atoms with Crippen LogP contribution in [-0.2, 0) is 14.8 Å². The summed E-state index contributed by atoms with van der Waals surface area (Å²) < 4.78 is 26.8. The molecule has 6 nitrogen and oxygen atoms in total. The van der Waals surface area contributed by atoms with Crippen molar-refractivity contribution in [2.75, 3.05) is 5.32 Å². The molecule has 0 radical (unpaired) electrons. The van der Waals surface area contributed by atoms with Gasteiger partial charge in [-0.3, -0.25) is 4.79 Å². The molecule has 1 aliphatic rings. The molecule has 0 bridgehead atoms. The van der Waals surface area contributed by atoms with E-state index >= 15 is 0 Å². The predicted octanol–water partition coefficient (Wildman–Crippen LogP) is 2.48. The summed E-state index contributed by atoms with van der Waals surface area (Å²) in [6, 6.07) is 10.1. The number of anilines is 1. The maximum absolute atomic E-state index is 12.1. The highest BCUT2D eigenvalue weighted by molar-refractivity contribution is 7.89. The molecule has 0 unspecified atom stereocenters. The van der Waals surface area contributed by atoms with Crippen LogP contribution in [0, 0.1) is 6.92 Å². The molecule has 1 aliphatic carbocycles. The number of rotatable bonds is 6. The second-order valence-corrected chi connectivity index (χ2v) is 7.72. The van der Waals surface area contributed by atoms with Gasteiger partial charge in [0.15, 0.2) is 0 Å². The van der Waals surface area contributed by atoms with Gasteiger partial charge in [0.1, 0.15) is 5.82 Å². The van der Waals surface area contributed by atoms with Gasteiger partial charge in [-0.2, -0.15) is 0 Å². The molecular formula is C18H19N3O3S. The average Bonchev–Trinajstić information content (AvgIpc) is 3.37. The van der Waals surface area contributed by atoms with E-state index in [0.29, 0.717) is 5.82 Å². The van der Waals surface area contributed by atoms with Crippen molar-refractivity contribution < 1.29 is 13.2 Å². The lowest BCUT2D eigenvalue weighted by atomic mass is 10.2. The van der Waals surface area contributed by atoms with Crippen LogP contribution in [0.3, 0.4) is 0 Å². The van der Waals surface area contributed by atoms with Crippen molar-refractivity contribution in [3.05, 3.63) is 59.8 Å². The summed E-state index contributed by atoms with van der Waals surface area (Å²) in [5, 5.41) is 2.67. The summed E-state index contributed by atoms with van der Waals surface area (Å²) in [5.41, 5.74) is 1.74. The van der Waals surface area contributed by atoms with Crippen LogP contribution in [-0.4, -0.2) is 25.4 Å². The summed E-state index contributed by atoms with van der Waals surface area (Å²) in [4.78, 5) is 16.2. The maximum atomic E-state index is 12.1. The van der Waals surface area contributed by atoms with Gasteiger partial charge in [0.25, 0.3) is 0 Å². The third-order valence-electron chi connectivity index (χ3n) is 3.68. The van der Waals surface area contributed by atoms with E-state index in [2.05, 4.69) is 15.0 Å². The number of hydrogen-bond acceptors (Lipinski definition) is 4. The molecule has 0 atom stereocenters. The minimum Gasteiger partial charge on any atom is -0.307 e. The van der Waals surface area contributed by atoms with Crippen LogP contribution in [0.4, 0.5) is 5.82 Å². The number of amides is 1. The second-order valence-electron chi connectivity index (χ2n) is 6.01. The molecule has 1 aromatic heterocycles. The lowest BCUT2D eigenvalue weighted by molar-refractivity contribution is -0.111. The molecule has 3 rings (SSSR count). The maximum Gasteiger partial charge on any atom is 0.249 e. The molecule has 1 aromatic carbocycles. The summed E-state index contributed by atoms with van der Waals surface area (Å²) in [7, 11) is -3.45. The SMILES string of the molecule is Cc1ccnc(NC(=O)C=Cc2ccc(S(=O)(=O)NC3CC3)cc2)c1. The molecule has 2 N–H and O–H groups in total. The van der Waals surface area contributed by atoms with Crippen LogP contribution >= 0.6 is 0 Å². The van der Waals surface area contributed by atoms with Crippen molar-refractivity contribution in [2.45, 2.75) is 30.7 Å². The molecule has 1 heterocycles. The summed E-state index contributed by atoms with van der Waals surface area (Å²) in [6.45, 7) is 1.92. The highest BCUT2D eigenvalue weighted by Gasteiger charge is 2.27. The molecule has 0 spiro atoms. The van der Waals surface area contributed by atoms with E-state index in [1.807, 2.05) is 13.0 Å². The summed E-state index contributed by atoms with van der Waals surface area (Å²) in [6.07, 6.45) is 6.42. The van der Waals surface area contributed by atoms with Crippen molar-refractivity contribution >= 4 is 27.8 Å². The molecular weight excluding hydrogens is 338 g/mol. The van der Waals surface area contributed by atoms with Gasteiger partial charge in [-0.1, -0.05) is 12.1 Å². The van der Waals surface area contributed by atoms with Crippen molar-refractivity contribution in [2.24, 2.45) is 0 Å². The average molecular weight is 357 g/mol. The highest BCUT2D eigenvalue weighted by atomic mass is 32.2. The lowest BCUT2D eigenvalue weighted by Gasteiger charge is -2.05. The number of pyridine rings is 1. The number of hydrogen-bond donors (Lipinski definition) is 2. The fourth-order valence-electron chi connectivity index (χ4n) is 2.19. The number of carbonyl (C=O) groups excluding carboxylic acids is 1. The van der Waals surface area contributed by atoms with E-state index in [1.165, 1.54) is 18.2 Å². The van der Waals surface area contributed by atoms with Crippen molar-refractivity contribution in [1.82, 2.24) is 9.71 Å². The van der Waals surface area contributed by atoms with Crippen molar-refractivity contribution in [3.8, 4) is 0 Å². The number of nitrogens with one attached hydrogen (secondary N) is 2. The van der Waals surface area contributed by atoms with Gasteiger partial charge in [-0.25, -0.2) is 18.1 Å². The van der Waals surface area contributed by atoms with Gasteiger partial charge in [0, 0.05) is 18.3 Å². The van der Waals surface area contributed by atoms with Gasteiger partial charge in [-0.05, 0) is 61.2 Å². The number of nitrogens with zero attached hydrogens (tertiary/aromatic N) is 1. The standard InChI is InChI=1S/C18H19N3O3S/c1-13-10-11-19-17(12-13)20-18(22)9-4-14-2-7-16(8-3-14)25(23,24)21-15-5-6-15/h2-4,7-12,15,21H,5-6H2,1H3,(H,19,20,22). The van der Waals surface area contributed by atoms with Crippen molar-refractivity contribution in [3.63, 3.8) is 0 Å². The summed E-state index contributed by atoms with van der Waals surface area (Å²) >= 11 is 0. The number of benzene rings is 1. The van der Waals surface area contributed by atoms with Crippen molar-refractivity contribution in [1.29, 1.82) is 0 Å². The number of carbonyl (C=O) groups is 1. The Kier molecular flexibility index (Phi) is 4.96. The van der Waals surface area contributed by atoms with Gasteiger partial charge in [0.2, 0.25) is 15.9 Å². The van der Waals surface area contributed by atoms with E-state index in [4.69, 9.17) is 0 Å². The van der Waals surface area contributed by atoms with Gasteiger partial charge in [0.05, 0.1) is 4.90 Å². The zero-order chi connectivity index (χ0) is 17.9. The number of aryl methyl sites for hydroxylation is 1. The minimum absolute atomic E-state index is 0.0727. The van der Waals surface area contributed by atoms with Crippen LogP contribution in [0.2, 0.25) is 0 Å². The molecule has 1 saturated carbocycles. The van der Waals surface area contributed by atoms with E-state index < -0.39 is 10.0 Å². The molecule has 130 valence electrons. The van der Waals surface area contributed by atoms with Crippen LogP contribution in [0.5, 0.6) is 0 Å². The van der Waals surface area contributed by atoms with Crippen LogP contribution in [0.1, 0.15) is 24.0 Å². The van der Waals surface area contributed by atoms with Crippen LogP contribution in [0.25, 0.3) is 6.08 Å². The Morgan fingerprint density at radius 2 is 1.92 bits per heavy atom. The van der Waals surface area contributed by atoms with Gasteiger partial charge < -0.3 is 5.32 Å². The Bertz CT molecular complexity index is 901. The molecule has 1 amide bonds. The van der Waals surface area contributed by atoms with E-state index in [0.717, 1.165) is 24.0 Å². The largest absolute Gasteiger partial charge is 0.307 e. The van der Waals surface area contributed by atoms with E-state index in [-0.39, 0.29) is 16.8 Å². The zero-order valence-corrected chi connectivity index (χ0v) is 14.6. The van der Waals surface area contributed by atoms with Crippen LogP contribution < -0.4 is 10.0 Å². The fraction of sp³-hybridized carbons (Fsp3) is 0.222. The molecule has 7 heteroatoms. The summed E-state index contributed by atoms with van der Waals surface area (Å²) in [5.74, 6) is 0.187. The first-order chi connectivity index (χ1) is 11.9. The Labute approximate surface area is 147 Å². The normalized spacial score (nSPS) is 14.6. The molecule has 25 heavy (non-hydrogen) atoms.